The van der Waals surface area contributed by atoms with Gasteiger partial charge in [-0.05, 0) is 56.6 Å². The van der Waals surface area contributed by atoms with Gasteiger partial charge in [-0.3, -0.25) is 0 Å². The summed E-state index contributed by atoms with van der Waals surface area (Å²) in [6.45, 7) is 0. The molecule has 0 saturated heterocycles. The quantitative estimate of drug-likeness (QED) is 0.130. The summed E-state index contributed by atoms with van der Waals surface area (Å²) in [6, 6.07) is 47.4. The van der Waals surface area contributed by atoms with Crippen molar-refractivity contribution in [2.24, 2.45) is 0 Å². The van der Waals surface area contributed by atoms with Gasteiger partial charge in [0.25, 0.3) is 0 Å². The zero-order valence-corrected chi connectivity index (χ0v) is 26.3. The van der Waals surface area contributed by atoms with Gasteiger partial charge in [-0.1, -0.05) is 181 Å². The Morgan fingerprint density at radius 1 is 0.364 bits per heavy atom. The largest absolute Gasteiger partial charge is 2.00 e. The topological polar surface area (TPSA) is 46.1 Å². The van der Waals surface area contributed by atoms with Crippen LogP contribution >= 0.6 is 11.8 Å². The Kier molecular flexibility index (Phi) is 10.4. The predicted octanol–water partition coefficient (Wildman–Crippen LogP) is 9.28. The van der Waals surface area contributed by atoms with E-state index in [0.29, 0.717) is 9.79 Å². The molecule has 4 heteroatoms. The maximum absolute atomic E-state index is 12.8. The van der Waals surface area contributed by atoms with Gasteiger partial charge in [-0.25, -0.2) is 0 Å². The van der Waals surface area contributed by atoms with Gasteiger partial charge >= 0.3 is 23.1 Å². The molecule has 208 valence electrons. The summed E-state index contributed by atoms with van der Waals surface area (Å²) in [5.74, 6) is -0.203. The first kappa shape index (κ1) is 31.0. The molecule has 6 rings (SSSR count). The molecule has 0 radical (unpaired) electrons. The molecule has 0 aliphatic rings. The molecule has 0 spiro atoms. The molecule has 0 aromatic heterocycles. The minimum Gasteiger partial charge on any atom is -0.872 e. The molecular weight excluding hydrogens is 569 g/mol. The van der Waals surface area contributed by atoms with Gasteiger partial charge in [0.1, 0.15) is 0 Å². The van der Waals surface area contributed by atoms with Gasteiger partial charge in [0, 0.05) is 9.79 Å². The third-order valence-corrected chi connectivity index (χ3v) is 8.21. The van der Waals surface area contributed by atoms with Gasteiger partial charge in [0.05, 0.1) is 0 Å². The Labute approximate surface area is 279 Å². The second-order valence-corrected chi connectivity index (χ2v) is 11.2. The monoisotopic (exact) mass is 596 g/mol. The van der Waals surface area contributed by atoms with E-state index in [1.165, 1.54) is 11.8 Å². The molecule has 6 aromatic rings. The third-order valence-electron chi connectivity index (χ3n) is 7.13. The van der Waals surface area contributed by atoms with Crippen LogP contribution in [0.15, 0.2) is 155 Å². The van der Waals surface area contributed by atoms with E-state index < -0.39 is 0 Å². The van der Waals surface area contributed by atoms with E-state index in [1.54, 1.807) is 12.1 Å². The van der Waals surface area contributed by atoms with Crippen molar-refractivity contribution >= 4 is 59.1 Å². The van der Waals surface area contributed by atoms with Gasteiger partial charge in [-0.15, -0.1) is 0 Å². The van der Waals surface area contributed by atoms with E-state index in [0.717, 1.165) is 44.5 Å². The maximum atomic E-state index is 12.8. The van der Waals surface area contributed by atoms with Gasteiger partial charge in [0.15, 0.2) is 0 Å². The first-order valence-corrected chi connectivity index (χ1v) is 14.9. The molecule has 2 nitrogen and oxygen atoms in total. The van der Waals surface area contributed by atoms with E-state index in [4.69, 9.17) is 0 Å². The van der Waals surface area contributed by atoms with Crippen molar-refractivity contribution < 1.29 is 10.2 Å². The Hall–Kier alpha value is -4.48. The zero-order valence-electron chi connectivity index (χ0n) is 24.1. The molecule has 0 atom stereocenters. The maximum Gasteiger partial charge on any atom is 2.00 e. The van der Waals surface area contributed by atoms with Crippen molar-refractivity contribution in [2.75, 3.05) is 0 Å². The van der Waals surface area contributed by atoms with Crippen molar-refractivity contribution in [3.8, 4) is 33.8 Å². The predicted molar refractivity (Wildman–Crippen MR) is 183 cm³/mol. The fourth-order valence-electron chi connectivity index (χ4n) is 4.74. The summed E-state index contributed by atoms with van der Waals surface area (Å²) in [6.07, 6.45) is 8.34. The summed E-state index contributed by atoms with van der Waals surface area (Å²) in [5.41, 5.74) is 8.37. The van der Waals surface area contributed by atoms with Crippen LogP contribution < -0.4 is 10.2 Å². The van der Waals surface area contributed by atoms with Gasteiger partial charge in [-0.2, -0.15) is 0 Å². The molecular formula is C40H28MgO2S. The van der Waals surface area contributed by atoms with Crippen molar-refractivity contribution in [3.05, 3.63) is 168 Å². The Morgan fingerprint density at radius 2 is 0.682 bits per heavy atom. The molecule has 0 fully saturated rings. The molecule has 0 bridgehead atoms. The SMILES string of the molecule is [Mg+2].[O-]c1ccc(-c2ccc(/C=C/c3ccccc3)cc2)cc1Sc1cc(-c2ccc(/C=C/c3ccccc3)cc2)ccc1[O-]. The molecule has 0 heterocycles. The van der Waals surface area contributed by atoms with E-state index in [9.17, 15) is 10.2 Å². The van der Waals surface area contributed by atoms with Crippen LogP contribution in [0.5, 0.6) is 11.5 Å². The summed E-state index contributed by atoms with van der Waals surface area (Å²) in [4.78, 5) is 1.06. The van der Waals surface area contributed by atoms with Crippen LogP contribution in [0.25, 0.3) is 46.6 Å². The van der Waals surface area contributed by atoms with Gasteiger partial charge in [0.2, 0.25) is 0 Å². The minimum absolute atomic E-state index is 0. The van der Waals surface area contributed by atoms with Crippen LogP contribution in [-0.4, -0.2) is 23.1 Å². The summed E-state index contributed by atoms with van der Waals surface area (Å²) >= 11 is 1.23. The van der Waals surface area contributed by atoms with Crippen LogP contribution in [0, 0.1) is 0 Å². The normalized spacial score (nSPS) is 11.1. The Morgan fingerprint density at radius 3 is 1.05 bits per heavy atom. The van der Waals surface area contributed by atoms with Crippen LogP contribution in [0.2, 0.25) is 0 Å². The number of hydrogen-bond acceptors (Lipinski definition) is 3. The molecule has 0 amide bonds. The smallest absolute Gasteiger partial charge is 0.872 e. The molecule has 0 N–H and O–H groups in total. The summed E-state index contributed by atoms with van der Waals surface area (Å²) in [7, 11) is 0. The van der Waals surface area contributed by atoms with Crippen molar-refractivity contribution in [1.82, 2.24) is 0 Å². The summed E-state index contributed by atoms with van der Waals surface area (Å²) in [5, 5.41) is 25.6. The van der Waals surface area contributed by atoms with Crippen LogP contribution in [0.4, 0.5) is 0 Å². The Bertz CT molecular complexity index is 1740. The number of hydrogen-bond donors (Lipinski definition) is 0. The average Bonchev–Trinajstić information content (AvgIpc) is 3.06. The van der Waals surface area contributed by atoms with Crippen molar-refractivity contribution in [2.45, 2.75) is 9.79 Å². The third kappa shape index (κ3) is 7.91. The first-order chi connectivity index (χ1) is 21.1. The number of benzene rings is 6. The fraction of sp³-hybridized carbons (Fsp3) is 0. The van der Waals surface area contributed by atoms with Crippen LogP contribution in [-0.2, 0) is 0 Å². The van der Waals surface area contributed by atoms with Crippen LogP contribution in [0.3, 0.4) is 0 Å². The van der Waals surface area contributed by atoms with E-state index in [-0.39, 0.29) is 34.6 Å². The molecule has 0 saturated carbocycles. The standard InChI is InChI=1S/C40H30O2S.Mg/c41-37-25-23-35(33-19-15-31(16-20-33)13-11-29-7-3-1-4-8-29)27-39(37)43-40-28-36(24-26-38(40)42)34-21-17-32(18-22-34)14-12-30-9-5-2-6-10-30;/h1-28,41-42H;/q;+2/p-2/b13-11+,14-12+;. The minimum atomic E-state index is -0.101. The van der Waals surface area contributed by atoms with Gasteiger partial charge < -0.3 is 10.2 Å². The van der Waals surface area contributed by atoms with E-state index in [2.05, 4.69) is 97.1 Å². The molecule has 0 aliphatic heterocycles. The molecule has 0 aliphatic carbocycles. The second-order valence-electron chi connectivity index (χ2n) is 10.2. The van der Waals surface area contributed by atoms with Crippen LogP contribution in [0.1, 0.15) is 22.3 Å². The van der Waals surface area contributed by atoms with E-state index >= 15 is 0 Å². The first-order valence-electron chi connectivity index (χ1n) is 14.1. The zero-order chi connectivity index (χ0) is 29.4. The molecule has 6 aromatic carbocycles. The molecule has 44 heavy (non-hydrogen) atoms. The fourth-order valence-corrected chi connectivity index (χ4v) is 5.69. The molecule has 0 unspecified atom stereocenters. The Balaban J connectivity index is 0.00000384. The van der Waals surface area contributed by atoms with Crippen molar-refractivity contribution in [1.29, 1.82) is 0 Å². The van der Waals surface area contributed by atoms with Crippen molar-refractivity contribution in [3.63, 3.8) is 0 Å². The average molecular weight is 597 g/mol. The number of rotatable bonds is 8. The summed E-state index contributed by atoms with van der Waals surface area (Å²) < 4.78 is 0. The van der Waals surface area contributed by atoms with E-state index in [1.807, 2.05) is 60.7 Å². The second kappa shape index (κ2) is 14.8.